The van der Waals surface area contributed by atoms with Crippen LogP contribution in [-0.4, -0.2) is 65.9 Å². The van der Waals surface area contributed by atoms with E-state index in [-0.39, 0.29) is 29.9 Å². The Labute approximate surface area is 284 Å². The minimum atomic E-state index is -0.989. The number of nitrogens with one attached hydrogen (secondary N) is 4. The Bertz CT molecular complexity index is 1330. The van der Waals surface area contributed by atoms with E-state index >= 15 is 0 Å². The van der Waals surface area contributed by atoms with Gasteiger partial charge in [-0.3, -0.25) is 24.2 Å². The number of rotatable bonds is 15. The summed E-state index contributed by atoms with van der Waals surface area (Å²) in [5.41, 5.74) is 1.05. The highest BCUT2D eigenvalue weighted by Crippen LogP contribution is 2.26. The fraction of sp³-hybridized carbons (Fsp3) is 0.568. The maximum atomic E-state index is 14.0. The molecule has 4 atom stereocenters. The molecule has 1 aliphatic carbocycles. The van der Waals surface area contributed by atoms with Crippen LogP contribution in [0.25, 0.3) is 0 Å². The summed E-state index contributed by atoms with van der Waals surface area (Å²) >= 11 is 0. The fourth-order valence-corrected chi connectivity index (χ4v) is 6.13. The van der Waals surface area contributed by atoms with Crippen molar-refractivity contribution in [1.29, 1.82) is 0 Å². The maximum Gasteiger partial charge on any atom is 0.328 e. The molecule has 11 nitrogen and oxygen atoms in total. The third-order valence-electron chi connectivity index (χ3n) is 8.76. The Morgan fingerprint density at radius 2 is 1.38 bits per heavy atom. The number of amides is 4. The predicted octanol–water partition coefficient (Wildman–Crippen LogP) is 4.11. The van der Waals surface area contributed by atoms with Crippen LogP contribution in [-0.2, 0) is 30.3 Å². The SMILES string of the molecule is COC(=O)[C@H](Cc1ccccc1)NC(=O)[C@@H](NC(=O)[C@H](CC(C)C)NC(=O)[C@@H](NC(=O)c1ccccn1)C1CCCCCCC1)C(C)C. The van der Waals surface area contributed by atoms with Crippen LogP contribution in [0.15, 0.2) is 54.7 Å². The highest BCUT2D eigenvalue weighted by Gasteiger charge is 2.35. The average Bonchev–Trinajstić information content (AvgIpc) is 3.05. The Hall–Kier alpha value is -4.28. The van der Waals surface area contributed by atoms with E-state index in [9.17, 15) is 24.0 Å². The molecule has 262 valence electrons. The lowest BCUT2D eigenvalue weighted by atomic mass is 9.85. The number of hydrogen-bond donors (Lipinski definition) is 4. The van der Waals surface area contributed by atoms with Crippen LogP contribution in [0, 0.1) is 17.8 Å². The normalized spacial score (nSPS) is 16.4. The number of carbonyl (C=O) groups excluding carboxylic acids is 5. The number of esters is 1. The summed E-state index contributed by atoms with van der Waals surface area (Å²) in [7, 11) is 1.26. The first-order chi connectivity index (χ1) is 23.0. The molecule has 0 bridgehead atoms. The Morgan fingerprint density at radius 3 is 1.96 bits per heavy atom. The van der Waals surface area contributed by atoms with E-state index < -0.39 is 53.8 Å². The van der Waals surface area contributed by atoms with Crippen molar-refractivity contribution >= 4 is 29.6 Å². The summed E-state index contributed by atoms with van der Waals surface area (Å²) < 4.78 is 4.95. The molecule has 0 unspecified atom stereocenters. The first kappa shape index (κ1) is 38.2. The molecule has 0 spiro atoms. The Kier molecular flexibility index (Phi) is 15.5. The van der Waals surface area contributed by atoms with Crippen molar-refractivity contribution in [3.8, 4) is 0 Å². The van der Waals surface area contributed by atoms with Gasteiger partial charge in [0, 0.05) is 12.6 Å². The van der Waals surface area contributed by atoms with E-state index in [0.717, 1.165) is 50.5 Å². The van der Waals surface area contributed by atoms with Crippen molar-refractivity contribution in [2.24, 2.45) is 17.8 Å². The monoisotopic (exact) mass is 663 g/mol. The lowest BCUT2D eigenvalue weighted by Crippen LogP contribution is -2.60. The molecule has 1 aromatic carbocycles. The number of benzene rings is 1. The molecule has 0 aliphatic heterocycles. The summed E-state index contributed by atoms with van der Waals surface area (Å²) in [4.78, 5) is 71.4. The third kappa shape index (κ3) is 12.1. The molecular weight excluding hydrogens is 610 g/mol. The lowest BCUT2D eigenvalue weighted by Gasteiger charge is -2.31. The van der Waals surface area contributed by atoms with E-state index in [0.29, 0.717) is 6.42 Å². The number of ether oxygens (including phenoxy) is 1. The summed E-state index contributed by atoms with van der Waals surface area (Å²) in [6.07, 6.45) is 8.80. The molecule has 0 radical (unpaired) electrons. The fourth-order valence-electron chi connectivity index (χ4n) is 6.13. The summed E-state index contributed by atoms with van der Waals surface area (Å²) in [5.74, 6) is -2.94. The number of aromatic nitrogens is 1. The van der Waals surface area contributed by atoms with Gasteiger partial charge >= 0.3 is 5.97 Å². The average molecular weight is 664 g/mol. The molecule has 48 heavy (non-hydrogen) atoms. The molecule has 1 aromatic heterocycles. The van der Waals surface area contributed by atoms with Gasteiger partial charge in [-0.2, -0.15) is 0 Å². The quantitative estimate of drug-likeness (QED) is 0.209. The molecule has 1 heterocycles. The van der Waals surface area contributed by atoms with E-state index in [1.54, 1.807) is 32.0 Å². The number of pyridine rings is 1. The highest BCUT2D eigenvalue weighted by atomic mass is 16.5. The standard InChI is InChI=1S/C37H53N5O6/c1-24(2)22-29(34(44)41-31(25(3)4)35(45)40-30(37(47)48-5)23-26-16-10-9-11-17-26)39-36(46)32(27-18-12-7-6-8-13-19-27)42-33(43)28-20-14-15-21-38-28/h9-11,14-17,20-21,24-25,27,29-32H,6-8,12-13,18-19,22-23H2,1-5H3,(H,39,46)(H,40,45)(H,41,44)(H,42,43)/t29-,30-,31-,32-/m0/s1. The van der Waals surface area contributed by atoms with Crippen LogP contribution in [0.4, 0.5) is 0 Å². The van der Waals surface area contributed by atoms with Gasteiger partial charge in [-0.25, -0.2) is 4.79 Å². The smallest absolute Gasteiger partial charge is 0.328 e. The molecule has 4 amide bonds. The second kappa shape index (κ2) is 19.5. The van der Waals surface area contributed by atoms with Gasteiger partial charge in [-0.1, -0.05) is 96.2 Å². The third-order valence-corrected chi connectivity index (χ3v) is 8.76. The Balaban J connectivity index is 1.79. The van der Waals surface area contributed by atoms with Gasteiger partial charge in [-0.05, 0) is 54.7 Å². The highest BCUT2D eigenvalue weighted by molar-refractivity contribution is 5.98. The van der Waals surface area contributed by atoms with Crippen molar-refractivity contribution in [3.05, 3.63) is 66.0 Å². The summed E-state index contributed by atoms with van der Waals surface area (Å²) in [6.45, 7) is 7.48. The van der Waals surface area contributed by atoms with Crippen LogP contribution >= 0.6 is 0 Å². The number of nitrogens with zero attached hydrogens (tertiary/aromatic N) is 1. The van der Waals surface area contributed by atoms with E-state index in [4.69, 9.17) is 4.74 Å². The molecule has 11 heteroatoms. The largest absolute Gasteiger partial charge is 0.467 e. The molecule has 1 fully saturated rings. The second-order valence-electron chi connectivity index (χ2n) is 13.5. The van der Waals surface area contributed by atoms with Gasteiger partial charge in [-0.15, -0.1) is 0 Å². The van der Waals surface area contributed by atoms with Crippen molar-refractivity contribution in [2.75, 3.05) is 7.11 Å². The summed E-state index contributed by atoms with van der Waals surface area (Å²) in [5, 5.41) is 11.5. The first-order valence-electron chi connectivity index (χ1n) is 17.2. The van der Waals surface area contributed by atoms with Gasteiger partial charge in [0.25, 0.3) is 5.91 Å². The van der Waals surface area contributed by atoms with Gasteiger partial charge in [0.05, 0.1) is 7.11 Å². The van der Waals surface area contributed by atoms with Gasteiger partial charge in [0.15, 0.2) is 0 Å². The lowest BCUT2D eigenvalue weighted by molar-refractivity contribution is -0.145. The van der Waals surface area contributed by atoms with Crippen LogP contribution in [0.5, 0.6) is 0 Å². The number of hydrogen-bond acceptors (Lipinski definition) is 7. The zero-order valence-electron chi connectivity index (χ0n) is 29.0. The van der Waals surface area contributed by atoms with Gasteiger partial charge in [0.2, 0.25) is 17.7 Å². The predicted molar refractivity (Wildman–Crippen MR) is 184 cm³/mol. The zero-order valence-corrected chi connectivity index (χ0v) is 29.0. The van der Waals surface area contributed by atoms with Crippen LogP contribution in [0.2, 0.25) is 0 Å². The van der Waals surface area contributed by atoms with E-state index in [1.165, 1.54) is 13.3 Å². The first-order valence-corrected chi connectivity index (χ1v) is 17.2. The topological polar surface area (TPSA) is 156 Å². The van der Waals surface area contributed by atoms with Gasteiger partial charge in [0.1, 0.15) is 29.9 Å². The number of methoxy groups -OCH3 is 1. The minimum absolute atomic E-state index is 0.0323. The second-order valence-corrected chi connectivity index (χ2v) is 13.5. The van der Waals surface area contributed by atoms with Crippen LogP contribution in [0.1, 0.15) is 95.1 Å². The number of carbonyl (C=O) groups is 5. The van der Waals surface area contributed by atoms with Crippen molar-refractivity contribution < 1.29 is 28.7 Å². The molecule has 4 N–H and O–H groups in total. The molecule has 2 aromatic rings. The van der Waals surface area contributed by atoms with Crippen molar-refractivity contribution in [3.63, 3.8) is 0 Å². The molecule has 1 saturated carbocycles. The van der Waals surface area contributed by atoms with Crippen molar-refractivity contribution in [1.82, 2.24) is 26.3 Å². The van der Waals surface area contributed by atoms with Crippen molar-refractivity contribution in [2.45, 2.75) is 110 Å². The van der Waals surface area contributed by atoms with Gasteiger partial charge < -0.3 is 26.0 Å². The summed E-state index contributed by atoms with van der Waals surface area (Å²) in [6, 6.07) is 10.5. The van der Waals surface area contributed by atoms with E-state index in [1.807, 2.05) is 44.2 Å². The minimum Gasteiger partial charge on any atom is -0.467 e. The molecule has 3 rings (SSSR count). The zero-order chi connectivity index (χ0) is 35.1. The molecule has 1 aliphatic rings. The molecule has 0 saturated heterocycles. The van der Waals surface area contributed by atoms with Crippen LogP contribution in [0.3, 0.4) is 0 Å². The maximum absolute atomic E-state index is 14.0. The van der Waals surface area contributed by atoms with Crippen LogP contribution < -0.4 is 21.3 Å². The Morgan fingerprint density at radius 1 is 0.750 bits per heavy atom. The van der Waals surface area contributed by atoms with E-state index in [2.05, 4.69) is 26.3 Å². The molecular formula is C37H53N5O6.